The van der Waals surface area contributed by atoms with Crippen molar-refractivity contribution in [1.82, 2.24) is 14.4 Å². The van der Waals surface area contributed by atoms with Crippen molar-refractivity contribution in [1.29, 1.82) is 0 Å². The topological polar surface area (TPSA) is 59.3 Å². The molecule has 1 amide bonds. The first kappa shape index (κ1) is 19.6. The first-order valence-electron chi connectivity index (χ1n) is 9.13. The minimum Gasteiger partial charge on any atom is -0.305 e. The number of alkyl halides is 3. The fraction of sp³-hybridized carbons (Fsp3) is 0.136. The molecule has 30 heavy (non-hydrogen) atoms. The number of benzene rings is 1. The van der Waals surface area contributed by atoms with Gasteiger partial charge < -0.3 is 5.32 Å². The molecule has 0 aliphatic heterocycles. The Morgan fingerprint density at radius 1 is 0.967 bits per heavy atom. The van der Waals surface area contributed by atoms with Gasteiger partial charge >= 0.3 is 6.18 Å². The number of carbonyl (C=O) groups is 1. The molecule has 0 radical (unpaired) electrons. The Balaban J connectivity index is 1.76. The molecule has 0 aliphatic rings. The smallest absolute Gasteiger partial charge is 0.305 e. The third-order valence-electron chi connectivity index (χ3n) is 4.64. The molecule has 152 valence electrons. The number of anilines is 1. The van der Waals surface area contributed by atoms with E-state index in [0.717, 1.165) is 28.8 Å². The summed E-state index contributed by atoms with van der Waals surface area (Å²) < 4.78 is 39.9. The van der Waals surface area contributed by atoms with Crippen LogP contribution in [0.1, 0.15) is 27.2 Å². The van der Waals surface area contributed by atoms with Gasteiger partial charge in [-0.05, 0) is 37.6 Å². The molecule has 5 nitrogen and oxygen atoms in total. The minimum absolute atomic E-state index is 0.0189. The van der Waals surface area contributed by atoms with Crippen molar-refractivity contribution < 1.29 is 18.0 Å². The number of pyridine rings is 2. The van der Waals surface area contributed by atoms with Gasteiger partial charge in [0.1, 0.15) is 22.9 Å². The lowest BCUT2D eigenvalue weighted by Crippen LogP contribution is -2.17. The van der Waals surface area contributed by atoms with E-state index in [0.29, 0.717) is 17.5 Å². The van der Waals surface area contributed by atoms with Gasteiger partial charge in [-0.1, -0.05) is 35.9 Å². The van der Waals surface area contributed by atoms with E-state index in [1.54, 1.807) is 16.7 Å². The van der Waals surface area contributed by atoms with Crippen molar-refractivity contribution in [3.63, 3.8) is 0 Å². The molecule has 0 aliphatic carbocycles. The van der Waals surface area contributed by atoms with Crippen molar-refractivity contribution in [2.45, 2.75) is 20.0 Å². The number of nitrogens with zero attached hydrogens (tertiary/aromatic N) is 3. The summed E-state index contributed by atoms with van der Waals surface area (Å²) in [6, 6.07) is 13.3. The van der Waals surface area contributed by atoms with Crippen LogP contribution in [0.4, 0.5) is 19.0 Å². The van der Waals surface area contributed by atoms with Crippen molar-refractivity contribution in [3.05, 3.63) is 83.3 Å². The maximum Gasteiger partial charge on any atom is 0.417 e. The molecule has 0 spiro atoms. The van der Waals surface area contributed by atoms with Gasteiger partial charge in [-0.25, -0.2) is 9.97 Å². The third kappa shape index (κ3) is 3.76. The van der Waals surface area contributed by atoms with Crippen molar-refractivity contribution >= 4 is 17.4 Å². The Hall–Kier alpha value is -3.68. The Labute approximate surface area is 170 Å². The van der Waals surface area contributed by atoms with E-state index in [-0.39, 0.29) is 11.5 Å². The van der Waals surface area contributed by atoms with E-state index in [4.69, 9.17) is 0 Å². The molecule has 0 atom stereocenters. The summed E-state index contributed by atoms with van der Waals surface area (Å²) in [5.74, 6) is -0.499. The lowest BCUT2D eigenvalue weighted by Gasteiger charge is -2.09. The van der Waals surface area contributed by atoms with Gasteiger partial charge in [0.2, 0.25) is 0 Å². The van der Waals surface area contributed by atoms with Crippen LogP contribution in [0.5, 0.6) is 0 Å². The zero-order chi connectivity index (χ0) is 21.5. The van der Waals surface area contributed by atoms with Gasteiger partial charge in [0.05, 0.1) is 5.56 Å². The van der Waals surface area contributed by atoms with Crippen molar-refractivity contribution in [3.8, 4) is 11.3 Å². The number of aryl methyl sites for hydroxylation is 2. The largest absolute Gasteiger partial charge is 0.417 e. The molecule has 0 unspecified atom stereocenters. The van der Waals surface area contributed by atoms with Crippen LogP contribution in [0.15, 0.2) is 60.9 Å². The highest BCUT2D eigenvalue weighted by molar-refractivity contribution is 6.07. The number of rotatable bonds is 3. The number of imidazole rings is 1. The molecule has 1 N–H and O–H groups in total. The standard InChI is InChI=1S/C22H17F3N4O/c1-13-3-6-15(7-4-13)19-20(29-12-14(2)5-10-18(29)28-19)21(30)27-17-9-8-16(11-26-17)22(23,24)25/h3-12H,1-2H3,(H,26,27,30). The Kier molecular flexibility index (Phi) is 4.77. The first-order valence-corrected chi connectivity index (χ1v) is 9.13. The number of hydrogen-bond acceptors (Lipinski definition) is 3. The summed E-state index contributed by atoms with van der Waals surface area (Å²) in [6.07, 6.45) is -2.02. The number of aromatic nitrogens is 3. The molecule has 0 fully saturated rings. The molecule has 0 saturated heterocycles. The molecule has 0 saturated carbocycles. The second-order valence-corrected chi connectivity index (χ2v) is 6.99. The number of fused-ring (bicyclic) bond motifs is 1. The quantitative estimate of drug-likeness (QED) is 0.500. The fourth-order valence-corrected chi connectivity index (χ4v) is 3.09. The van der Waals surface area contributed by atoms with E-state index < -0.39 is 17.6 Å². The average Bonchev–Trinajstić information content (AvgIpc) is 3.07. The lowest BCUT2D eigenvalue weighted by atomic mass is 10.1. The fourth-order valence-electron chi connectivity index (χ4n) is 3.09. The molecule has 0 bridgehead atoms. The SMILES string of the molecule is Cc1ccc(-c2nc3ccc(C)cn3c2C(=O)Nc2ccc(C(F)(F)F)cn2)cc1. The van der Waals surface area contributed by atoms with E-state index in [9.17, 15) is 18.0 Å². The third-order valence-corrected chi connectivity index (χ3v) is 4.64. The van der Waals surface area contributed by atoms with E-state index in [1.807, 2.05) is 44.2 Å². The summed E-state index contributed by atoms with van der Waals surface area (Å²) in [7, 11) is 0. The highest BCUT2D eigenvalue weighted by Crippen LogP contribution is 2.29. The van der Waals surface area contributed by atoms with Gasteiger partial charge in [-0.15, -0.1) is 0 Å². The van der Waals surface area contributed by atoms with E-state index in [2.05, 4.69) is 15.3 Å². The Bertz CT molecular complexity index is 1230. The van der Waals surface area contributed by atoms with Gasteiger partial charge in [0.25, 0.3) is 5.91 Å². The second-order valence-electron chi connectivity index (χ2n) is 6.99. The van der Waals surface area contributed by atoms with Gasteiger partial charge in [0.15, 0.2) is 0 Å². The normalized spacial score (nSPS) is 11.6. The Morgan fingerprint density at radius 3 is 2.30 bits per heavy atom. The summed E-state index contributed by atoms with van der Waals surface area (Å²) in [5, 5.41) is 2.58. The van der Waals surface area contributed by atoms with Crippen LogP contribution in [-0.4, -0.2) is 20.3 Å². The summed E-state index contributed by atoms with van der Waals surface area (Å²) >= 11 is 0. The molecule has 3 heterocycles. The molecule has 4 aromatic rings. The minimum atomic E-state index is -4.49. The van der Waals surface area contributed by atoms with Crippen LogP contribution in [0.3, 0.4) is 0 Å². The van der Waals surface area contributed by atoms with Crippen LogP contribution in [0.2, 0.25) is 0 Å². The monoisotopic (exact) mass is 410 g/mol. The maximum atomic E-state index is 13.1. The van der Waals surface area contributed by atoms with Crippen LogP contribution in [-0.2, 0) is 6.18 Å². The first-order chi connectivity index (χ1) is 14.2. The van der Waals surface area contributed by atoms with E-state index in [1.165, 1.54) is 0 Å². The molecule has 1 aromatic carbocycles. The predicted octanol–water partition coefficient (Wildman–Crippen LogP) is 5.28. The zero-order valence-corrected chi connectivity index (χ0v) is 16.2. The van der Waals surface area contributed by atoms with Crippen LogP contribution < -0.4 is 5.32 Å². The summed E-state index contributed by atoms with van der Waals surface area (Å²) in [6.45, 7) is 3.85. The van der Waals surface area contributed by atoms with Crippen LogP contribution in [0, 0.1) is 13.8 Å². The zero-order valence-electron chi connectivity index (χ0n) is 16.2. The molecular formula is C22H17F3N4O. The number of carbonyl (C=O) groups excluding carboxylic acids is 1. The lowest BCUT2D eigenvalue weighted by molar-refractivity contribution is -0.137. The van der Waals surface area contributed by atoms with Crippen molar-refractivity contribution in [2.24, 2.45) is 0 Å². The number of amides is 1. The van der Waals surface area contributed by atoms with Crippen molar-refractivity contribution in [2.75, 3.05) is 5.32 Å². The van der Waals surface area contributed by atoms with Gasteiger partial charge in [0, 0.05) is 18.0 Å². The molecule has 8 heteroatoms. The summed E-state index contributed by atoms with van der Waals surface area (Å²) in [4.78, 5) is 21.4. The number of hydrogen-bond donors (Lipinski definition) is 1. The van der Waals surface area contributed by atoms with Gasteiger partial charge in [-0.3, -0.25) is 9.20 Å². The molecule has 3 aromatic heterocycles. The van der Waals surface area contributed by atoms with Gasteiger partial charge in [-0.2, -0.15) is 13.2 Å². The highest BCUT2D eigenvalue weighted by atomic mass is 19.4. The number of halogens is 3. The highest BCUT2D eigenvalue weighted by Gasteiger charge is 2.31. The maximum absolute atomic E-state index is 13.1. The van der Waals surface area contributed by atoms with Crippen LogP contribution >= 0.6 is 0 Å². The molecule has 4 rings (SSSR count). The number of nitrogens with one attached hydrogen (secondary N) is 1. The molecular weight excluding hydrogens is 393 g/mol. The van der Waals surface area contributed by atoms with E-state index >= 15 is 0 Å². The average molecular weight is 410 g/mol. The van der Waals surface area contributed by atoms with Crippen LogP contribution in [0.25, 0.3) is 16.9 Å². The predicted molar refractivity (Wildman–Crippen MR) is 107 cm³/mol. The summed E-state index contributed by atoms with van der Waals surface area (Å²) in [5.41, 5.74) is 3.21. The Morgan fingerprint density at radius 2 is 1.67 bits per heavy atom. The second kappa shape index (κ2) is 7.29.